The zero-order valence-electron chi connectivity index (χ0n) is 12.2. The number of hydrogen-bond donors (Lipinski definition) is 0. The van der Waals surface area contributed by atoms with Crippen LogP contribution in [-0.4, -0.2) is 30.3 Å². The van der Waals surface area contributed by atoms with E-state index in [4.69, 9.17) is 0 Å². The second kappa shape index (κ2) is 6.18. The standard InChI is InChI=1S/C16H29NO/c1-3-16(4-2)10-11-17(13-16)12-15(18)14-8-6-5-7-9-14/h14H,3-13H2,1-2H3. The lowest BCUT2D eigenvalue weighted by atomic mass is 9.82. The van der Waals surface area contributed by atoms with Gasteiger partial charge in [-0.1, -0.05) is 33.1 Å². The number of Topliss-reactive ketones (excluding diaryl/α,β-unsaturated/α-hetero) is 1. The van der Waals surface area contributed by atoms with E-state index in [9.17, 15) is 4.79 Å². The van der Waals surface area contributed by atoms with Gasteiger partial charge in [0.2, 0.25) is 0 Å². The molecule has 1 aliphatic carbocycles. The molecule has 1 saturated heterocycles. The number of likely N-dealkylation sites (tertiary alicyclic amines) is 1. The van der Waals surface area contributed by atoms with Gasteiger partial charge in [-0.05, 0) is 44.1 Å². The molecular formula is C16H29NO. The molecule has 2 fully saturated rings. The maximum atomic E-state index is 12.3. The van der Waals surface area contributed by atoms with Crippen LogP contribution in [0.1, 0.15) is 65.2 Å². The van der Waals surface area contributed by atoms with Gasteiger partial charge < -0.3 is 0 Å². The first kappa shape index (κ1) is 14.0. The Morgan fingerprint density at radius 2 is 1.83 bits per heavy atom. The van der Waals surface area contributed by atoms with Gasteiger partial charge in [0, 0.05) is 12.5 Å². The predicted octanol–water partition coefficient (Wildman–Crippen LogP) is 3.65. The molecule has 0 atom stereocenters. The summed E-state index contributed by atoms with van der Waals surface area (Å²) in [4.78, 5) is 14.7. The van der Waals surface area contributed by atoms with Gasteiger partial charge >= 0.3 is 0 Å². The van der Waals surface area contributed by atoms with Gasteiger partial charge in [0.15, 0.2) is 0 Å². The lowest BCUT2D eigenvalue weighted by Crippen LogP contribution is -2.34. The van der Waals surface area contributed by atoms with Crippen molar-refractivity contribution in [1.29, 1.82) is 0 Å². The quantitative estimate of drug-likeness (QED) is 0.743. The van der Waals surface area contributed by atoms with Crippen LogP contribution in [0.5, 0.6) is 0 Å². The summed E-state index contributed by atoms with van der Waals surface area (Å²) in [6.45, 7) is 7.62. The molecule has 18 heavy (non-hydrogen) atoms. The Labute approximate surface area is 112 Å². The topological polar surface area (TPSA) is 20.3 Å². The third-order valence-corrected chi connectivity index (χ3v) is 5.46. The Hall–Kier alpha value is -0.370. The summed E-state index contributed by atoms with van der Waals surface area (Å²) in [5.74, 6) is 0.912. The fourth-order valence-electron chi connectivity index (χ4n) is 3.76. The van der Waals surface area contributed by atoms with Crippen molar-refractivity contribution in [2.24, 2.45) is 11.3 Å². The van der Waals surface area contributed by atoms with Gasteiger partial charge in [-0.25, -0.2) is 0 Å². The number of hydrogen-bond acceptors (Lipinski definition) is 2. The van der Waals surface area contributed by atoms with Crippen LogP contribution in [0, 0.1) is 11.3 Å². The van der Waals surface area contributed by atoms with Crippen molar-refractivity contribution in [2.75, 3.05) is 19.6 Å². The second-order valence-corrected chi connectivity index (χ2v) is 6.47. The molecule has 0 aromatic carbocycles. The Balaban J connectivity index is 1.81. The van der Waals surface area contributed by atoms with E-state index in [1.165, 1.54) is 38.5 Å². The van der Waals surface area contributed by atoms with E-state index in [1.54, 1.807) is 0 Å². The fourth-order valence-corrected chi connectivity index (χ4v) is 3.76. The minimum Gasteiger partial charge on any atom is -0.298 e. The average molecular weight is 251 g/mol. The molecule has 104 valence electrons. The molecule has 2 rings (SSSR count). The van der Waals surface area contributed by atoms with Gasteiger partial charge in [0.25, 0.3) is 0 Å². The zero-order chi connectivity index (χ0) is 13.0. The number of nitrogens with zero attached hydrogens (tertiary/aromatic N) is 1. The molecule has 2 heteroatoms. The summed E-state index contributed by atoms with van der Waals surface area (Å²) in [5, 5.41) is 0. The van der Waals surface area contributed by atoms with Crippen LogP contribution in [-0.2, 0) is 4.79 Å². The minimum absolute atomic E-state index is 0.386. The molecule has 0 spiro atoms. The van der Waals surface area contributed by atoms with Crippen molar-refractivity contribution in [3.63, 3.8) is 0 Å². The van der Waals surface area contributed by atoms with Crippen molar-refractivity contribution in [3.05, 3.63) is 0 Å². The highest BCUT2D eigenvalue weighted by molar-refractivity contribution is 5.83. The van der Waals surface area contributed by atoms with Crippen molar-refractivity contribution in [1.82, 2.24) is 4.90 Å². The Bertz CT molecular complexity index is 277. The second-order valence-electron chi connectivity index (χ2n) is 6.47. The molecule has 0 N–H and O–H groups in total. The predicted molar refractivity (Wildman–Crippen MR) is 75.7 cm³/mol. The van der Waals surface area contributed by atoms with E-state index in [0.29, 0.717) is 17.1 Å². The summed E-state index contributed by atoms with van der Waals surface area (Å²) in [5.41, 5.74) is 0.507. The lowest BCUT2D eigenvalue weighted by Gasteiger charge is -2.27. The van der Waals surface area contributed by atoms with E-state index in [-0.39, 0.29) is 0 Å². The van der Waals surface area contributed by atoms with Crippen LogP contribution in [0.2, 0.25) is 0 Å². The molecule has 0 amide bonds. The SMILES string of the molecule is CCC1(CC)CCN(CC(=O)C2CCCCC2)C1. The molecule has 0 radical (unpaired) electrons. The van der Waals surface area contributed by atoms with Crippen molar-refractivity contribution in [3.8, 4) is 0 Å². The largest absolute Gasteiger partial charge is 0.298 e. The smallest absolute Gasteiger partial charge is 0.149 e. The zero-order valence-corrected chi connectivity index (χ0v) is 12.2. The minimum atomic E-state index is 0.386. The normalized spacial score (nSPS) is 25.4. The van der Waals surface area contributed by atoms with E-state index in [2.05, 4.69) is 18.7 Å². The molecule has 0 bridgehead atoms. The third-order valence-electron chi connectivity index (χ3n) is 5.46. The maximum absolute atomic E-state index is 12.3. The van der Waals surface area contributed by atoms with Gasteiger partial charge in [-0.15, -0.1) is 0 Å². The highest BCUT2D eigenvalue weighted by atomic mass is 16.1. The van der Waals surface area contributed by atoms with Crippen LogP contribution < -0.4 is 0 Å². The van der Waals surface area contributed by atoms with Crippen molar-refractivity contribution >= 4 is 5.78 Å². The summed E-state index contributed by atoms with van der Waals surface area (Å²) < 4.78 is 0. The first-order valence-corrected chi connectivity index (χ1v) is 7.94. The highest BCUT2D eigenvalue weighted by Crippen LogP contribution is 2.37. The molecular weight excluding hydrogens is 222 g/mol. The van der Waals surface area contributed by atoms with E-state index >= 15 is 0 Å². The average Bonchev–Trinajstić information content (AvgIpc) is 2.84. The van der Waals surface area contributed by atoms with Gasteiger partial charge in [-0.2, -0.15) is 0 Å². The Kier molecular flexibility index (Phi) is 4.83. The number of carbonyl (C=O) groups is 1. The fraction of sp³-hybridized carbons (Fsp3) is 0.938. The number of ketones is 1. The molecule has 2 aliphatic rings. The third kappa shape index (κ3) is 3.14. The summed E-state index contributed by atoms with van der Waals surface area (Å²) in [6, 6.07) is 0. The molecule has 2 nitrogen and oxygen atoms in total. The van der Waals surface area contributed by atoms with Gasteiger partial charge in [0.1, 0.15) is 5.78 Å². The van der Waals surface area contributed by atoms with Crippen LogP contribution in [0.4, 0.5) is 0 Å². The summed E-state index contributed by atoms with van der Waals surface area (Å²) >= 11 is 0. The first-order valence-electron chi connectivity index (χ1n) is 7.94. The van der Waals surface area contributed by atoms with Crippen molar-refractivity contribution < 1.29 is 4.79 Å². The first-order chi connectivity index (χ1) is 8.69. The lowest BCUT2D eigenvalue weighted by molar-refractivity contribution is -0.124. The van der Waals surface area contributed by atoms with E-state index < -0.39 is 0 Å². The molecule has 1 aliphatic heterocycles. The van der Waals surface area contributed by atoms with Crippen LogP contribution >= 0.6 is 0 Å². The van der Waals surface area contributed by atoms with E-state index in [0.717, 1.165) is 32.5 Å². The summed E-state index contributed by atoms with van der Waals surface area (Å²) in [6.07, 6.45) is 9.99. The van der Waals surface area contributed by atoms with Crippen molar-refractivity contribution in [2.45, 2.75) is 65.2 Å². The summed E-state index contributed by atoms with van der Waals surface area (Å²) in [7, 11) is 0. The van der Waals surface area contributed by atoms with Crippen LogP contribution in [0.25, 0.3) is 0 Å². The Morgan fingerprint density at radius 3 is 2.39 bits per heavy atom. The van der Waals surface area contributed by atoms with Gasteiger partial charge in [0.05, 0.1) is 6.54 Å². The molecule has 0 aromatic heterocycles. The Morgan fingerprint density at radius 1 is 1.17 bits per heavy atom. The van der Waals surface area contributed by atoms with E-state index in [1.807, 2.05) is 0 Å². The molecule has 1 saturated carbocycles. The highest BCUT2D eigenvalue weighted by Gasteiger charge is 2.36. The number of rotatable bonds is 5. The maximum Gasteiger partial charge on any atom is 0.149 e. The molecule has 1 heterocycles. The monoisotopic (exact) mass is 251 g/mol. The van der Waals surface area contributed by atoms with Crippen LogP contribution in [0.3, 0.4) is 0 Å². The molecule has 0 unspecified atom stereocenters. The number of carbonyl (C=O) groups excluding carboxylic acids is 1. The molecule has 0 aromatic rings. The van der Waals surface area contributed by atoms with Gasteiger partial charge in [-0.3, -0.25) is 9.69 Å². The van der Waals surface area contributed by atoms with Crippen LogP contribution in [0.15, 0.2) is 0 Å².